The Morgan fingerprint density at radius 2 is 1.86 bits per heavy atom. The molecular weight excluding hydrogens is 507 g/mol. The summed E-state index contributed by atoms with van der Waals surface area (Å²) in [6.07, 6.45) is 1.44. The van der Waals surface area contributed by atoms with E-state index in [1.165, 1.54) is 32.1 Å². The average Bonchev–Trinajstić information content (AvgIpc) is 3.27. The molecule has 0 spiro atoms. The molecule has 36 heavy (non-hydrogen) atoms. The van der Waals surface area contributed by atoms with Crippen LogP contribution in [0.3, 0.4) is 0 Å². The number of nitrogens with one attached hydrogen (secondary N) is 1. The summed E-state index contributed by atoms with van der Waals surface area (Å²) in [6, 6.07) is 10.9. The molecule has 0 aromatic heterocycles. The van der Waals surface area contributed by atoms with Crippen LogP contribution in [0.1, 0.15) is 31.9 Å². The second kappa shape index (κ2) is 10.2. The maximum Gasteiger partial charge on any atom is 0.283 e. The molecule has 9 nitrogen and oxygen atoms in total. The van der Waals surface area contributed by atoms with Crippen LogP contribution >= 0.6 is 11.9 Å². The van der Waals surface area contributed by atoms with E-state index in [2.05, 4.69) is 9.39 Å². The zero-order valence-electron chi connectivity index (χ0n) is 19.7. The van der Waals surface area contributed by atoms with Crippen molar-refractivity contribution in [2.75, 3.05) is 6.61 Å². The highest BCUT2D eigenvalue weighted by molar-refractivity contribution is 8.16. The Balaban J connectivity index is 1.62. The first-order valence-corrected chi connectivity index (χ1v) is 13.3. The average molecular weight is 531 g/mol. The van der Waals surface area contributed by atoms with Crippen LogP contribution in [0, 0.1) is 11.2 Å². The van der Waals surface area contributed by atoms with Crippen LogP contribution in [0.15, 0.2) is 57.4 Å². The van der Waals surface area contributed by atoms with Gasteiger partial charge in [0, 0.05) is 0 Å². The van der Waals surface area contributed by atoms with Crippen LogP contribution in [0.25, 0.3) is 6.08 Å². The molecule has 1 N–H and O–H groups in total. The highest BCUT2D eigenvalue weighted by Gasteiger charge is 2.43. The van der Waals surface area contributed by atoms with Gasteiger partial charge in [0.25, 0.3) is 5.91 Å². The molecule has 2 aliphatic rings. The van der Waals surface area contributed by atoms with Gasteiger partial charge >= 0.3 is 0 Å². The zero-order chi connectivity index (χ0) is 26.0. The fourth-order valence-electron chi connectivity index (χ4n) is 3.30. The largest absolute Gasteiger partial charge is 0.490 e. The summed E-state index contributed by atoms with van der Waals surface area (Å²) in [5.41, 5.74) is 1.21. The van der Waals surface area contributed by atoms with Crippen LogP contribution in [0.4, 0.5) is 4.39 Å². The first kappa shape index (κ1) is 25.6. The summed E-state index contributed by atoms with van der Waals surface area (Å²) in [4.78, 5) is 17.7. The summed E-state index contributed by atoms with van der Waals surface area (Å²) in [7, 11) is -3.81. The van der Waals surface area contributed by atoms with E-state index >= 15 is 0 Å². The summed E-state index contributed by atoms with van der Waals surface area (Å²) in [5.74, 6) is -0.478. The Hall–Kier alpha value is -3.51. The fraction of sp³-hybridized carbons (Fsp3) is 0.250. The van der Waals surface area contributed by atoms with Gasteiger partial charge in [0.05, 0.1) is 29.4 Å². The number of hydrogen-bond acceptors (Lipinski definition) is 8. The molecule has 0 atom stereocenters. The van der Waals surface area contributed by atoms with E-state index in [-0.39, 0.29) is 34.2 Å². The van der Waals surface area contributed by atoms with Gasteiger partial charge in [-0.1, -0.05) is 18.2 Å². The second-order valence-electron chi connectivity index (χ2n) is 8.05. The van der Waals surface area contributed by atoms with E-state index < -0.39 is 21.0 Å². The second-order valence-corrected chi connectivity index (χ2v) is 11.2. The Morgan fingerprint density at radius 1 is 1.14 bits per heavy atom. The maximum absolute atomic E-state index is 13.1. The van der Waals surface area contributed by atoms with Crippen molar-refractivity contribution in [3.8, 4) is 11.5 Å². The molecule has 12 heteroatoms. The van der Waals surface area contributed by atoms with Gasteiger partial charge in [0.2, 0.25) is 20.2 Å². The minimum atomic E-state index is -3.81. The van der Waals surface area contributed by atoms with E-state index in [0.717, 1.165) is 22.4 Å². The first-order valence-electron chi connectivity index (χ1n) is 11.0. The van der Waals surface area contributed by atoms with E-state index in [0.29, 0.717) is 23.7 Å². The van der Waals surface area contributed by atoms with Gasteiger partial charge in [0.1, 0.15) is 18.3 Å². The Morgan fingerprint density at radius 3 is 2.53 bits per heavy atom. The first-order chi connectivity index (χ1) is 17.1. The normalized spacial score (nSPS) is 16.8. The van der Waals surface area contributed by atoms with Crippen molar-refractivity contribution >= 4 is 49.9 Å². The summed E-state index contributed by atoms with van der Waals surface area (Å²) in [5, 5.41) is 7.53. The number of amidine groups is 3. The molecule has 2 aliphatic heterocycles. The minimum absolute atomic E-state index is 0.0286. The number of halogens is 1. The van der Waals surface area contributed by atoms with Gasteiger partial charge < -0.3 is 9.47 Å². The molecule has 2 heterocycles. The van der Waals surface area contributed by atoms with E-state index in [9.17, 15) is 17.6 Å². The van der Waals surface area contributed by atoms with Crippen molar-refractivity contribution in [1.29, 1.82) is 5.41 Å². The molecule has 188 valence electrons. The third kappa shape index (κ3) is 5.05. The molecule has 0 radical (unpaired) electrons. The lowest BCUT2D eigenvalue weighted by atomic mass is 10.1. The smallest absolute Gasteiger partial charge is 0.283 e. The zero-order valence-corrected chi connectivity index (χ0v) is 21.3. The molecule has 2 aromatic carbocycles. The van der Waals surface area contributed by atoms with Crippen molar-refractivity contribution < 1.29 is 27.1 Å². The van der Waals surface area contributed by atoms with Crippen molar-refractivity contribution in [2.45, 2.75) is 32.6 Å². The predicted octanol–water partition coefficient (Wildman–Crippen LogP) is 4.20. The highest BCUT2D eigenvalue weighted by Crippen LogP contribution is 2.33. The fourth-order valence-corrected chi connectivity index (χ4v) is 5.37. The quantitative estimate of drug-likeness (QED) is 0.421. The molecule has 4 rings (SSSR count). The molecule has 0 saturated heterocycles. The van der Waals surface area contributed by atoms with Crippen molar-refractivity contribution in [2.24, 2.45) is 9.39 Å². The SMILES string of the molecule is CCOc1cc(/C=C2/C(=N)N3C(=NC2=O)SN=C3S(=O)(=O)C(C)C)ccc1OCc1ccc(F)cc1. The number of sulfone groups is 1. The van der Waals surface area contributed by atoms with Gasteiger partial charge in [-0.2, -0.15) is 9.39 Å². The number of carbonyl (C=O) groups excluding carboxylic acids is 1. The lowest BCUT2D eigenvalue weighted by Crippen LogP contribution is -2.46. The molecule has 2 aromatic rings. The van der Waals surface area contributed by atoms with Gasteiger partial charge in [-0.3, -0.25) is 10.2 Å². The molecule has 1 amide bonds. The molecule has 0 unspecified atom stereocenters. The number of ether oxygens (including phenoxy) is 2. The lowest BCUT2D eigenvalue weighted by Gasteiger charge is -2.25. The number of rotatable bonds is 7. The number of fused-ring (bicyclic) bond motifs is 1. The number of nitrogens with zero attached hydrogens (tertiary/aromatic N) is 3. The maximum atomic E-state index is 13.1. The van der Waals surface area contributed by atoms with Crippen LogP contribution < -0.4 is 9.47 Å². The van der Waals surface area contributed by atoms with Gasteiger partial charge in [-0.15, -0.1) is 0 Å². The molecule has 0 saturated carbocycles. The van der Waals surface area contributed by atoms with Gasteiger partial charge in [-0.25, -0.2) is 17.7 Å². The van der Waals surface area contributed by atoms with Gasteiger partial charge in [-0.05, 0) is 62.2 Å². The number of aliphatic imine (C=N–C) groups is 1. The van der Waals surface area contributed by atoms with Crippen LogP contribution in [-0.2, 0) is 21.2 Å². The van der Waals surface area contributed by atoms with Crippen molar-refractivity contribution in [3.63, 3.8) is 0 Å². The minimum Gasteiger partial charge on any atom is -0.490 e. The lowest BCUT2D eigenvalue weighted by molar-refractivity contribution is -0.114. The summed E-state index contributed by atoms with van der Waals surface area (Å²) < 4.78 is 54.1. The van der Waals surface area contributed by atoms with Crippen molar-refractivity contribution in [1.82, 2.24) is 4.90 Å². The number of benzene rings is 2. The van der Waals surface area contributed by atoms with E-state index in [1.54, 1.807) is 30.3 Å². The van der Waals surface area contributed by atoms with Crippen LogP contribution in [0.5, 0.6) is 11.5 Å². The van der Waals surface area contributed by atoms with Crippen LogP contribution in [-0.4, -0.2) is 47.3 Å². The molecular formula is C24H23FN4O5S2. The van der Waals surface area contributed by atoms with E-state index in [4.69, 9.17) is 14.9 Å². The Kier molecular flexibility index (Phi) is 7.27. The predicted molar refractivity (Wildman–Crippen MR) is 137 cm³/mol. The third-order valence-electron chi connectivity index (χ3n) is 5.26. The summed E-state index contributed by atoms with van der Waals surface area (Å²) >= 11 is 0.748. The topological polar surface area (TPSA) is 121 Å². The van der Waals surface area contributed by atoms with E-state index in [1.807, 2.05) is 6.92 Å². The number of carbonyl (C=O) groups is 1. The Labute approximate surface area is 212 Å². The standard InChI is InChI=1S/C24H23FN4O5S2/c1-4-33-20-12-16(7-10-19(20)34-13-15-5-8-17(25)9-6-15)11-18-21(26)29-23(27-22(18)30)35-28-24(29)36(31,32)14(2)3/h5-12,14,26H,4,13H2,1-3H3/b18-11-,26-21?. The highest BCUT2D eigenvalue weighted by atomic mass is 32.2. The third-order valence-corrected chi connectivity index (χ3v) is 8.10. The molecule has 0 fully saturated rings. The van der Waals surface area contributed by atoms with Gasteiger partial charge in [0.15, 0.2) is 11.5 Å². The molecule has 0 aliphatic carbocycles. The number of hydrogen-bond donors (Lipinski definition) is 1. The van der Waals surface area contributed by atoms with Crippen LogP contribution in [0.2, 0.25) is 0 Å². The molecule has 0 bridgehead atoms. The van der Waals surface area contributed by atoms with Crippen molar-refractivity contribution in [3.05, 3.63) is 65.0 Å². The monoisotopic (exact) mass is 530 g/mol. The number of amides is 1. The Bertz CT molecular complexity index is 1420. The summed E-state index contributed by atoms with van der Waals surface area (Å²) in [6.45, 7) is 5.39.